The van der Waals surface area contributed by atoms with Crippen molar-refractivity contribution in [3.05, 3.63) is 83.9 Å². The Morgan fingerprint density at radius 3 is 2.27 bits per heavy atom. The van der Waals surface area contributed by atoms with Crippen LogP contribution in [0.25, 0.3) is 0 Å². The van der Waals surface area contributed by atoms with E-state index in [4.69, 9.17) is 33.2 Å². The number of piperidine rings is 1. The van der Waals surface area contributed by atoms with Crippen LogP contribution in [0.15, 0.2) is 72.8 Å². The van der Waals surface area contributed by atoms with Gasteiger partial charge in [-0.15, -0.1) is 0 Å². The molecule has 1 fully saturated rings. The Morgan fingerprint density at radius 1 is 0.863 bits per heavy atom. The highest BCUT2D eigenvalue weighted by Crippen LogP contribution is 2.33. The summed E-state index contributed by atoms with van der Waals surface area (Å²) < 4.78 is 40.3. The number of ether oxygens (including phenoxy) is 7. The van der Waals surface area contributed by atoms with Crippen molar-refractivity contribution in [1.29, 1.82) is 0 Å². The van der Waals surface area contributed by atoms with Gasteiger partial charge in [-0.25, -0.2) is 4.79 Å². The molecule has 3 aromatic carbocycles. The van der Waals surface area contributed by atoms with Gasteiger partial charge in [0, 0.05) is 44.6 Å². The summed E-state index contributed by atoms with van der Waals surface area (Å²) in [7, 11) is 3.30. The Balaban J connectivity index is 1.35. The zero-order chi connectivity index (χ0) is 36.6. The highest BCUT2D eigenvalue weighted by molar-refractivity contribution is 5.95. The van der Waals surface area contributed by atoms with E-state index in [2.05, 4.69) is 5.32 Å². The van der Waals surface area contributed by atoms with Crippen molar-refractivity contribution in [3.8, 4) is 17.2 Å². The van der Waals surface area contributed by atoms with Crippen molar-refractivity contribution in [2.45, 2.75) is 77.3 Å². The van der Waals surface area contributed by atoms with E-state index in [0.717, 1.165) is 35.5 Å². The van der Waals surface area contributed by atoms with Gasteiger partial charge in [-0.1, -0.05) is 42.5 Å². The van der Waals surface area contributed by atoms with E-state index in [1.807, 2.05) is 87.5 Å². The lowest BCUT2D eigenvalue weighted by atomic mass is 9.87. The molecule has 1 heterocycles. The summed E-state index contributed by atoms with van der Waals surface area (Å²) in [6.45, 7) is 10.6. The van der Waals surface area contributed by atoms with Gasteiger partial charge in [-0.3, -0.25) is 4.79 Å². The number of hydrogen-bond donors (Lipinski definition) is 1. The van der Waals surface area contributed by atoms with E-state index in [1.165, 1.54) is 0 Å². The Bertz CT molecular complexity index is 1510. The third-order valence-electron chi connectivity index (χ3n) is 8.31. The summed E-state index contributed by atoms with van der Waals surface area (Å²) in [5, 5.41) is 2.96. The lowest BCUT2D eigenvalue weighted by Gasteiger charge is -2.40. The second-order valence-electron chi connectivity index (χ2n) is 13.5. The summed E-state index contributed by atoms with van der Waals surface area (Å²) in [6.07, 6.45) is 0.427. The molecule has 0 aromatic heterocycles. The molecular formula is C40H54N2O9. The number of nitrogens with one attached hydrogen (secondary N) is 1. The SMILES string of the molecule is COCCCOc1ccccc1NC(=O)C(C)OC1CN(C(=O)OC(C)(C)C)CCC1c1ccc(OCCCOCc2ccccc2OC)cc1. The van der Waals surface area contributed by atoms with Crippen LogP contribution in [0, 0.1) is 0 Å². The first-order chi connectivity index (χ1) is 24.6. The first kappa shape index (κ1) is 39.5. The van der Waals surface area contributed by atoms with Gasteiger partial charge in [-0.2, -0.15) is 0 Å². The summed E-state index contributed by atoms with van der Waals surface area (Å²) in [5.41, 5.74) is 1.98. The molecule has 3 aromatic rings. The predicted octanol–water partition coefficient (Wildman–Crippen LogP) is 7.23. The molecule has 11 nitrogen and oxygen atoms in total. The van der Waals surface area contributed by atoms with E-state index in [1.54, 1.807) is 32.1 Å². The number of carbonyl (C=O) groups is 2. The third-order valence-corrected chi connectivity index (χ3v) is 8.31. The molecular weight excluding hydrogens is 652 g/mol. The third kappa shape index (κ3) is 12.7. The van der Waals surface area contributed by atoms with E-state index >= 15 is 0 Å². The van der Waals surface area contributed by atoms with Gasteiger partial charge >= 0.3 is 6.09 Å². The number of nitrogens with zero attached hydrogens (tertiary/aromatic N) is 1. The number of hydrogen-bond acceptors (Lipinski definition) is 9. The zero-order valence-corrected chi connectivity index (χ0v) is 30.9. The van der Waals surface area contributed by atoms with Gasteiger partial charge in [0.2, 0.25) is 0 Å². The Morgan fingerprint density at radius 2 is 1.55 bits per heavy atom. The van der Waals surface area contributed by atoms with Crippen molar-refractivity contribution < 1.29 is 42.7 Å². The molecule has 4 rings (SSSR count). The van der Waals surface area contributed by atoms with Crippen LogP contribution in [0.5, 0.6) is 17.2 Å². The normalized spacial score (nSPS) is 16.6. The molecule has 0 radical (unpaired) electrons. The van der Waals surface area contributed by atoms with Crippen LogP contribution in [-0.4, -0.2) is 88.4 Å². The first-order valence-electron chi connectivity index (χ1n) is 17.7. The molecule has 51 heavy (non-hydrogen) atoms. The average molecular weight is 707 g/mol. The maximum atomic E-state index is 13.4. The van der Waals surface area contributed by atoms with E-state index in [9.17, 15) is 9.59 Å². The van der Waals surface area contributed by atoms with Crippen molar-refractivity contribution in [3.63, 3.8) is 0 Å². The fourth-order valence-electron chi connectivity index (χ4n) is 5.73. The Hall–Kier alpha value is -4.32. The minimum Gasteiger partial charge on any atom is -0.496 e. The van der Waals surface area contributed by atoms with E-state index in [-0.39, 0.29) is 18.4 Å². The van der Waals surface area contributed by atoms with Crippen molar-refractivity contribution in [2.24, 2.45) is 0 Å². The van der Waals surface area contributed by atoms with Gasteiger partial charge in [0.25, 0.3) is 5.91 Å². The van der Waals surface area contributed by atoms with Crippen molar-refractivity contribution in [2.75, 3.05) is 59.1 Å². The van der Waals surface area contributed by atoms with Gasteiger partial charge in [0.1, 0.15) is 29.0 Å². The quantitative estimate of drug-likeness (QED) is 0.137. The fourth-order valence-corrected chi connectivity index (χ4v) is 5.73. The monoisotopic (exact) mass is 706 g/mol. The molecule has 0 spiro atoms. The molecule has 2 amide bonds. The Kier molecular flexibility index (Phi) is 15.4. The molecule has 11 heteroatoms. The molecule has 1 aliphatic heterocycles. The molecule has 0 aliphatic carbocycles. The molecule has 1 aliphatic rings. The number of likely N-dealkylation sites (tertiary alicyclic amines) is 1. The van der Waals surface area contributed by atoms with E-state index < -0.39 is 23.9 Å². The molecule has 0 saturated carbocycles. The smallest absolute Gasteiger partial charge is 0.410 e. The molecule has 1 saturated heterocycles. The second-order valence-corrected chi connectivity index (χ2v) is 13.5. The number of methoxy groups -OCH3 is 2. The van der Waals surface area contributed by atoms with Gasteiger partial charge in [0.15, 0.2) is 0 Å². The summed E-state index contributed by atoms with van der Waals surface area (Å²) in [5.74, 6) is 1.77. The number of carbonyl (C=O) groups excluding carboxylic acids is 2. The highest BCUT2D eigenvalue weighted by atomic mass is 16.6. The van der Waals surface area contributed by atoms with Crippen LogP contribution in [0.2, 0.25) is 0 Å². The topological polar surface area (TPSA) is 114 Å². The Labute approximate surface area is 302 Å². The van der Waals surface area contributed by atoms with Crippen molar-refractivity contribution >= 4 is 17.7 Å². The summed E-state index contributed by atoms with van der Waals surface area (Å²) in [4.78, 5) is 28.1. The standard InChI is InChI=1S/C40H54N2O9/c1-29(38(43)41-34-14-8-10-16-36(34)49-26-11-23-45-5)50-37-27-42(39(44)51-40(2,3)4)22-21-33(37)30-17-19-32(20-18-30)48-25-12-24-47-28-31-13-7-9-15-35(31)46-6/h7-10,13-20,29,33,37H,11-12,21-28H2,1-6H3,(H,41,43). The van der Waals surface area contributed by atoms with Crippen LogP contribution >= 0.6 is 0 Å². The number of benzene rings is 3. The van der Waals surface area contributed by atoms with Gasteiger partial charge in [0.05, 0.1) is 51.9 Å². The maximum Gasteiger partial charge on any atom is 0.410 e. The van der Waals surface area contributed by atoms with Crippen LogP contribution < -0.4 is 19.5 Å². The molecule has 1 N–H and O–H groups in total. The number of anilines is 1. The molecule has 0 bridgehead atoms. The number of amides is 2. The number of rotatable bonds is 18. The van der Waals surface area contributed by atoms with Crippen LogP contribution in [-0.2, 0) is 30.3 Å². The molecule has 3 atom stereocenters. The average Bonchev–Trinajstić information content (AvgIpc) is 3.12. The number of para-hydroxylation sites is 3. The lowest BCUT2D eigenvalue weighted by molar-refractivity contribution is -0.133. The van der Waals surface area contributed by atoms with E-state index in [0.29, 0.717) is 57.4 Å². The summed E-state index contributed by atoms with van der Waals surface area (Å²) >= 11 is 0. The summed E-state index contributed by atoms with van der Waals surface area (Å²) in [6, 6.07) is 23.1. The van der Waals surface area contributed by atoms with Crippen LogP contribution in [0.3, 0.4) is 0 Å². The minimum atomic E-state index is -0.814. The second kappa shape index (κ2) is 19.9. The van der Waals surface area contributed by atoms with Gasteiger partial charge in [-0.05, 0) is 70.0 Å². The first-order valence-corrected chi connectivity index (χ1v) is 17.7. The van der Waals surface area contributed by atoms with Crippen LogP contribution in [0.4, 0.5) is 10.5 Å². The lowest BCUT2D eigenvalue weighted by Crippen LogP contribution is -2.50. The van der Waals surface area contributed by atoms with Crippen molar-refractivity contribution in [1.82, 2.24) is 4.90 Å². The predicted molar refractivity (Wildman–Crippen MR) is 196 cm³/mol. The largest absolute Gasteiger partial charge is 0.496 e. The minimum absolute atomic E-state index is 0.0623. The zero-order valence-electron chi connectivity index (χ0n) is 30.9. The fraction of sp³-hybridized carbons (Fsp3) is 0.500. The maximum absolute atomic E-state index is 13.4. The highest BCUT2D eigenvalue weighted by Gasteiger charge is 2.37. The van der Waals surface area contributed by atoms with Gasteiger partial charge < -0.3 is 43.4 Å². The molecule has 278 valence electrons. The molecule has 3 unspecified atom stereocenters. The van der Waals surface area contributed by atoms with Crippen LogP contribution in [0.1, 0.15) is 64.0 Å².